The summed E-state index contributed by atoms with van der Waals surface area (Å²) in [6, 6.07) is 6.04. The number of amides is 1. The van der Waals surface area contributed by atoms with Gasteiger partial charge in [0.2, 0.25) is 5.91 Å². The van der Waals surface area contributed by atoms with E-state index in [0.717, 1.165) is 29.7 Å². The molecule has 3 rings (SSSR count). The highest BCUT2D eigenvalue weighted by Gasteiger charge is 2.51. The summed E-state index contributed by atoms with van der Waals surface area (Å²) in [5.74, 6) is 1.29. The van der Waals surface area contributed by atoms with Crippen molar-refractivity contribution in [2.75, 3.05) is 12.4 Å². The predicted octanol–water partition coefficient (Wildman–Crippen LogP) is 4.25. The van der Waals surface area contributed by atoms with Crippen LogP contribution in [0.4, 0.5) is 5.13 Å². The Labute approximate surface area is 140 Å². The first-order chi connectivity index (χ1) is 11.0. The lowest BCUT2D eigenvalue weighted by Gasteiger charge is -2.16. The van der Waals surface area contributed by atoms with Crippen LogP contribution < -0.4 is 10.1 Å². The molecule has 2 aromatic rings. The Bertz CT molecular complexity index is 732. The zero-order valence-corrected chi connectivity index (χ0v) is 14.8. The van der Waals surface area contributed by atoms with Crippen molar-refractivity contribution in [3.63, 3.8) is 0 Å². The van der Waals surface area contributed by atoms with Gasteiger partial charge in [-0.3, -0.25) is 4.79 Å². The van der Waals surface area contributed by atoms with E-state index in [1.165, 1.54) is 4.88 Å². The molecule has 1 aliphatic carbocycles. The van der Waals surface area contributed by atoms with E-state index >= 15 is 0 Å². The Morgan fingerprint density at radius 3 is 2.70 bits per heavy atom. The number of aryl methyl sites for hydroxylation is 1. The molecule has 0 spiro atoms. The SMILES string of the molecule is COc1cc(C2(C(=O)Nc3ncc(C(C)C)s3)CC2)ccc1C. The van der Waals surface area contributed by atoms with E-state index in [9.17, 15) is 4.79 Å². The molecule has 1 saturated carbocycles. The predicted molar refractivity (Wildman–Crippen MR) is 93.5 cm³/mol. The van der Waals surface area contributed by atoms with E-state index < -0.39 is 5.41 Å². The normalized spacial score (nSPS) is 15.5. The lowest BCUT2D eigenvalue weighted by atomic mass is 9.94. The number of nitrogens with one attached hydrogen (secondary N) is 1. The van der Waals surface area contributed by atoms with Crippen molar-refractivity contribution >= 4 is 22.4 Å². The Kier molecular flexibility index (Phi) is 4.15. The van der Waals surface area contributed by atoms with Crippen molar-refractivity contribution in [1.82, 2.24) is 4.98 Å². The molecular formula is C18H22N2O2S. The molecule has 0 bridgehead atoms. The van der Waals surface area contributed by atoms with Crippen molar-refractivity contribution in [2.24, 2.45) is 0 Å². The van der Waals surface area contributed by atoms with E-state index in [2.05, 4.69) is 24.1 Å². The number of hydrogen-bond acceptors (Lipinski definition) is 4. The van der Waals surface area contributed by atoms with Crippen LogP contribution in [-0.4, -0.2) is 18.0 Å². The minimum absolute atomic E-state index is 0.0352. The van der Waals surface area contributed by atoms with Crippen LogP contribution in [0.15, 0.2) is 24.4 Å². The third-order valence-corrected chi connectivity index (χ3v) is 5.67. The molecule has 5 heteroatoms. The maximum atomic E-state index is 12.8. The quantitative estimate of drug-likeness (QED) is 0.891. The lowest BCUT2D eigenvalue weighted by Crippen LogP contribution is -2.27. The molecule has 0 radical (unpaired) electrons. The van der Waals surface area contributed by atoms with Gasteiger partial charge in [0.1, 0.15) is 5.75 Å². The number of aromatic nitrogens is 1. The van der Waals surface area contributed by atoms with Gasteiger partial charge in [0, 0.05) is 11.1 Å². The summed E-state index contributed by atoms with van der Waals surface area (Å²) in [5, 5.41) is 3.68. The van der Waals surface area contributed by atoms with Crippen LogP contribution >= 0.6 is 11.3 Å². The highest BCUT2D eigenvalue weighted by atomic mass is 32.1. The number of anilines is 1. The minimum Gasteiger partial charge on any atom is -0.496 e. The van der Waals surface area contributed by atoms with Gasteiger partial charge >= 0.3 is 0 Å². The van der Waals surface area contributed by atoms with Crippen molar-refractivity contribution in [1.29, 1.82) is 0 Å². The van der Waals surface area contributed by atoms with Gasteiger partial charge < -0.3 is 10.1 Å². The highest BCUT2D eigenvalue weighted by Crippen LogP contribution is 2.50. The minimum atomic E-state index is -0.426. The molecule has 1 amide bonds. The second kappa shape index (κ2) is 5.96. The molecule has 1 heterocycles. The molecule has 1 aliphatic rings. The van der Waals surface area contributed by atoms with Crippen LogP contribution in [0.2, 0.25) is 0 Å². The Morgan fingerprint density at radius 1 is 1.39 bits per heavy atom. The van der Waals surface area contributed by atoms with E-state index in [4.69, 9.17) is 4.74 Å². The number of carbonyl (C=O) groups excluding carboxylic acids is 1. The molecule has 122 valence electrons. The average molecular weight is 330 g/mol. The van der Waals surface area contributed by atoms with Crippen molar-refractivity contribution in [2.45, 2.75) is 44.9 Å². The standard InChI is InChI=1S/C18H22N2O2S/c1-11(2)15-10-19-17(23-15)20-16(21)18(7-8-18)13-6-5-12(3)14(9-13)22-4/h5-6,9-11H,7-8H2,1-4H3,(H,19,20,21). The molecule has 23 heavy (non-hydrogen) atoms. The zero-order valence-electron chi connectivity index (χ0n) is 14.0. The molecular weight excluding hydrogens is 308 g/mol. The maximum absolute atomic E-state index is 12.8. The second-order valence-corrected chi connectivity index (χ2v) is 7.51. The number of hydrogen-bond donors (Lipinski definition) is 1. The van der Waals surface area contributed by atoms with Crippen LogP contribution in [0.3, 0.4) is 0 Å². The van der Waals surface area contributed by atoms with Crippen LogP contribution in [-0.2, 0) is 10.2 Å². The molecule has 1 aromatic carbocycles. The zero-order chi connectivity index (χ0) is 16.6. The van der Waals surface area contributed by atoms with E-state index in [1.54, 1.807) is 18.4 Å². The molecule has 1 aromatic heterocycles. The summed E-state index contributed by atoms with van der Waals surface area (Å²) in [5.41, 5.74) is 1.68. The summed E-state index contributed by atoms with van der Waals surface area (Å²) in [6.07, 6.45) is 3.58. The summed E-state index contributed by atoms with van der Waals surface area (Å²) in [7, 11) is 1.66. The number of nitrogens with zero attached hydrogens (tertiary/aromatic N) is 1. The van der Waals surface area contributed by atoms with Gasteiger partial charge in [-0.25, -0.2) is 4.98 Å². The van der Waals surface area contributed by atoms with Crippen LogP contribution in [0.25, 0.3) is 0 Å². The van der Waals surface area contributed by atoms with E-state index in [1.807, 2.05) is 31.3 Å². The second-order valence-electron chi connectivity index (χ2n) is 6.44. The summed E-state index contributed by atoms with van der Waals surface area (Å²) >= 11 is 1.55. The topological polar surface area (TPSA) is 51.2 Å². The molecule has 4 nitrogen and oxygen atoms in total. The molecule has 0 unspecified atom stereocenters. The third-order valence-electron chi connectivity index (χ3n) is 4.46. The van der Waals surface area contributed by atoms with Gasteiger partial charge in [0.05, 0.1) is 12.5 Å². The fourth-order valence-corrected chi connectivity index (χ4v) is 3.53. The Hall–Kier alpha value is -1.88. The van der Waals surface area contributed by atoms with Crippen LogP contribution in [0, 0.1) is 6.92 Å². The fraction of sp³-hybridized carbons (Fsp3) is 0.444. The fourth-order valence-electron chi connectivity index (χ4n) is 2.72. The third kappa shape index (κ3) is 2.98. The number of ether oxygens (including phenoxy) is 1. The first-order valence-corrected chi connectivity index (χ1v) is 8.70. The molecule has 1 N–H and O–H groups in total. The first kappa shape index (κ1) is 16.0. The summed E-state index contributed by atoms with van der Waals surface area (Å²) < 4.78 is 5.39. The van der Waals surface area contributed by atoms with E-state index in [0.29, 0.717) is 11.0 Å². The van der Waals surface area contributed by atoms with Gasteiger partial charge in [0.15, 0.2) is 5.13 Å². The highest BCUT2D eigenvalue weighted by molar-refractivity contribution is 7.15. The number of benzene rings is 1. The Morgan fingerprint density at radius 2 is 2.13 bits per heavy atom. The van der Waals surface area contributed by atoms with Gasteiger partial charge in [-0.1, -0.05) is 26.0 Å². The first-order valence-electron chi connectivity index (χ1n) is 7.88. The number of rotatable bonds is 5. The summed E-state index contributed by atoms with van der Waals surface area (Å²) in [4.78, 5) is 18.3. The van der Waals surface area contributed by atoms with Gasteiger partial charge in [-0.05, 0) is 42.9 Å². The van der Waals surface area contributed by atoms with Crippen LogP contribution in [0.1, 0.15) is 48.6 Å². The Balaban J connectivity index is 1.81. The average Bonchev–Trinajstić information content (AvgIpc) is 3.21. The van der Waals surface area contributed by atoms with Crippen LogP contribution in [0.5, 0.6) is 5.75 Å². The van der Waals surface area contributed by atoms with Crippen molar-refractivity contribution in [3.8, 4) is 5.75 Å². The summed E-state index contributed by atoms with van der Waals surface area (Å²) in [6.45, 7) is 6.26. The molecule has 0 atom stereocenters. The molecule has 0 aliphatic heterocycles. The number of methoxy groups -OCH3 is 1. The smallest absolute Gasteiger partial charge is 0.236 e. The van der Waals surface area contributed by atoms with Gasteiger partial charge in [0.25, 0.3) is 0 Å². The lowest BCUT2D eigenvalue weighted by molar-refractivity contribution is -0.118. The maximum Gasteiger partial charge on any atom is 0.236 e. The number of thiazole rings is 1. The van der Waals surface area contributed by atoms with Crippen molar-refractivity contribution < 1.29 is 9.53 Å². The molecule has 1 fully saturated rings. The monoisotopic (exact) mass is 330 g/mol. The number of carbonyl (C=O) groups is 1. The van der Waals surface area contributed by atoms with E-state index in [-0.39, 0.29) is 5.91 Å². The largest absolute Gasteiger partial charge is 0.496 e. The van der Waals surface area contributed by atoms with Gasteiger partial charge in [-0.15, -0.1) is 11.3 Å². The van der Waals surface area contributed by atoms with Crippen molar-refractivity contribution in [3.05, 3.63) is 40.4 Å². The molecule has 0 saturated heterocycles. The van der Waals surface area contributed by atoms with Gasteiger partial charge in [-0.2, -0.15) is 0 Å².